The Morgan fingerprint density at radius 2 is 1.78 bits per heavy atom. The second-order valence-electron chi connectivity index (χ2n) is 9.25. The Labute approximate surface area is 196 Å². The van der Waals surface area contributed by atoms with Crippen molar-refractivity contribution in [1.82, 2.24) is 9.80 Å². The van der Waals surface area contributed by atoms with Crippen molar-refractivity contribution in [2.75, 3.05) is 24.6 Å². The second-order valence-corrected chi connectivity index (χ2v) is 12.9. The van der Waals surface area contributed by atoms with E-state index in [4.69, 9.17) is 0 Å². The fourth-order valence-corrected chi connectivity index (χ4v) is 7.74. The van der Waals surface area contributed by atoms with Crippen molar-refractivity contribution in [3.63, 3.8) is 0 Å². The quantitative estimate of drug-likeness (QED) is 0.550. The van der Waals surface area contributed by atoms with E-state index in [-0.39, 0.29) is 29.5 Å². The number of amides is 1. The standard InChI is InChI=1S/C25H34N2O3S2/c1-20-11-12-24(31-20)17-26(15-13-21-7-3-2-4-8-21)18-25(28)27(22-9-5-6-10-22)23-14-16-32(29,30)19-23/h2-4,7-8,11-12,22-23H,5-6,9-10,13-19H2,1H3. The van der Waals surface area contributed by atoms with Crippen molar-refractivity contribution in [2.24, 2.45) is 0 Å². The van der Waals surface area contributed by atoms with Crippen molar-refractivity contribution < 1.29 is 13.2 Å². The van der Waals surface area contributed by atoms with Crippen LogP contribution in [0.15, 0.2) is 42.5 Å². The van der Waals surface area contributed by atoms with Crippen molar-refractivity contribution >= 4 is 27.1 Å². The lowest BCUT2D eigenvalue weighted by molar-refractivity contribution is -0.137. The fraction of sp³-hybridized carbons (Fsp3) is 0.560. The van der Waals surface area contributed by atoms with Gasteiger partial charge in [0.25, 0.3) is 0 Å². The molecule has 174 valence electrons. The van der Waals surface area contributed by atoms with E-state index < -0.39 is 9.84 Å². The molecular formula is C25H34N2O3S2. The lowest BCUT2D eigenvalue weighted by atomic mass is 10.1. The molecule has 0 bridgehead atoms. The maximum Gasteiger partial charge on any atom is 0.237 e. The van der Waals surface area contributed by atoms with Crippen molar-refractivity contribution in [2.45, 2.75) is 64.1 Å². The number of aryl methyl sites for hydroxylation is 1. The first-order chi connectivity index (χ1) is 15.4. The van der Waals surface area contributed by atoms with Gasteiger partial charge < -0.3 is 4.90 Å². The third kappa shape index (κ3) is 6.21. The zero-order valence-electron chi connectivity index (χ0n) is 18.9. The zero-order chi connectivity index (χ0) is 22.6. The molecular weight excluding hydrogens is 440 g/mol. The average Bonchev–Trinajstić information content (AvgIpc) is 3.50. The third-order valence-corrected chi connectivity index (χ3v) is 9.44. The number of nitrogens with zero attached hydrogens (tertiary/aromatic N) is 2. The summed E-state index contributed by atoms with van der Waals surface area (Å²) in [6, 6.07) is 14.7. The SMILES string of the molecule is Cc1ccc(CN(CCc2ccccc2)CC(=O)N(C2CCCC2)C2CCS(=O)(=O)C2)s1. The van der Waals surface area contributed by atoms with Gasteiger partial charge in [0.15, 0.2) is 9.84 Å². The van der Waals surface area contributed by atoms with Gasteiger partial charge in [-0.2, -0.15) is 0 Å². The molecule has 2 fully saturated rings. The predicted molar refractivity (Wildman–Crippen MR) is 131 cm³/mol. The Balaban J connectivity index is 1.49. The number of thiophene rings is 1. The van der Waals surface area contributed by atoms with Gasteiger partial charge >= 0.3 is 0 Å². The minimum Gasteiger partial charge on any atom is -0.335 e. The van der Waals surface area contributed by atoms with Crippen LogP contribution >= 0.6 is 11.3 Å². The van der Waals surface area contributed by atoms with E-state index in [1.165, 1.54) is 15.3 Å². The Bertz CT molecular complexity index is 997. The van der Waals surface area contributed by atoms with Gasteiger partial charge in [-0.25, -0.2) is 8.42 Å². The minimum atomic E-state index is -3.03. The van der Waals surface area contributed by atoms with Crippen LogP contribution in [0.25, 0.3) is 0 Å². The molecule has 1 amide bonds. The molecule has 0 radical (unpaired) electrons. The first-order valence-corrected chi connectivity index (χ1v) is 14.4. The summed E-state index contributed by atoms with van der Waals surface area (Å²) in [4.78, 5) is 20.4. The Morgan fingerprint density at radius 1 is 1.03 bits per heavy atom. The van der Waals surface area contributed by atoms with E-state index in [1.54, 1.807) is 11.3 Å². The van der Waals surface area contributed by atoms with Gasteiger partial charge in [-0.05, 0) is 50.3 Å². The van der Waals surface area contributed by atoms with Crippen LogP contribution in [0.1, 0.15) is 47.4 Å². The molecule has 7 heteroatoms. The highest BCUT2D eigenvalue weighted by atomic mass is 32.2. The molecule has 0 N–H and O–H groups in total. The number of hydrogen-bond acceptors (Lipinski definition) is 5. The van der Waals surface area contributed by atoms with Gasteiger partial charge in [0.05, 0.1) is 18.1 Å². The van der Waals surface area contributed by atoms with Gasteiger partial charge in [-0.3, -0.25) is 9.69 Å². The molecule has 4 rings (SSSR count). The topological polar surface area (TPSA) is 57.7 Å². The van der Waals surface area contributed by atoms with E-state index in [9.17, 15) is 13.2 Å². The maximum absolute atomic E-state index is 13.6. The number of sulfone groups is 1. The van der Waals surface area contributed by atoms with Gasteiger partial charge in [0.2, 0.25) is 5.91 Å². The van der Waals surface area contributed by atoms with E-state index >= 15 is 0 Å². The number of benzene rings is 1. The molecule has 1 saturated carbocycles. The van der Waals surface area contributed by atoms with E-state index in [1.807, 2.05) is 11.0 Å². The Morgan fingerprint density at radius 3 is 2.41 bits per heavy atom. The van der Waals surface area contributed by atoms with Gasteiger partial charge in [-0.15, -0.1) is 11.3 Å². The van der Waals surface area contributed by atoms with Crippen LogP contribution in [0.5, 0.6) is 0 Å². The summed E-state index contributed by atoms with van der Waals surface area (Å²) in [6.45, 7) is 4.00. The monoisotopic (exact) mass is 474 g/mol. The summed E-state index contributed by atoms with van der Waals surface area (Å²) < 4.78 is 24.3. The van der Waals surface area contributed by atoms with Gasteiger partial charge in [0.1, 0.15) is 0 Å². The second kappa shape index (κ2) is 10.5. The Kier molecular flexibility index (Phi) is 7.69. The first kappa shape index (κ1) is 23.5. The van der Waals surface area contributed by atoms with Crippen LogP contribution in [0.3, 0.4) is 0 Å². The summed E-state index contributed by atoms with van der Waals surface area (Å²) in [5.74, 6) is 0.435. The van der Waals surface area contributed by atoms with Crippen LogP contribution < -0.4 is 0 Å². The highest BCUT2D eigenvalue weighted by molar-refractivity contribution is 7.91. The highest BCUT2D eigenvalue weighted by Gasteiger charge is 2.39. The number of carbonyl (C=O) groups excluding carboxylic acids is 1. The highest BCUT2D eigenvalue weighted by Crippen LogP contribution is 2.29. The largest absolute Gasteiger partial charge is 0.335 e. The van der Waals surface area contributed by atoms with Crippen molar-refractivity contribution in [3.05, 3.63) is 57.8 Å². The van der Waals surface area contributed by atoms with Gasteiger partial charge in [0, 0.05) is 34.9 Å². The number of rotatable bonds is 9. The lowest BCUT2D eigenvalue weighted by Gasteiger charge is -2.36. The summed E-state index contributed by atoms with van der Waals surface area (Å²) >= 11 is 1.78. The Hall–Kier alpha value is -1.70. The molecule has 32 heavy (non-hydrogen) atoms. The molecule has 1 aliphatic carbocycles. The number of carbonyl (C=O) groups is 1. The van der Waals surface area contributed by atoms with Crippen LogP contribution in [0.2, 0.25) is 0 Å². The van der Waals surface area contributed by atoms with Crippen LogP contribution in [-0.2, 0) is 27.6 Å². The molecule has 1 aromatic carbocycles. The van der Waals surface area contributed by atoms with E-state index in [0.29, 0.717) is 13.0 Å². The summed E-state index contributed by atoms with van der Waals surface area (Å²) in [7, 11) is -3.03. The predicted octanol–water partition coefficient (Wildman–Crippen LogP) is 4.06. The van der Waals surface area contributed by atoms with Crippen LogP contribution in [-0.4, -0.2) is 60.8 Å². The minimum absolute atomic E-state index is 0.0975. The molecule has 2 aromatic rings. The molecule has 1 atom stereocenters. The molecule has 0 spiro atoms. The molecule has 1 aromatic heterocycles. The molecule has 2 heterocycles. The van der Waals surface area contributed by atoms with E-state index in [0.717, 1.165) is 45.2 Å². The van der Waals surface area contributed by atoms with Crippen molar-refractivity contribution in [3.8, 4) is 0 Å². The summed E-state index contributed by atoms with van der Waals surface area (Å²) in [5, 5.41) is 0. The molecule has 1 saturated heterocycles. The summed E-state index contributed by atoms with van der Waals surface area (Å²) in [6.07, 6.45) is 5.71. The average molecular weight is 475 g/mol. The molecule has 1 aliphatic heterocycles. The normalized spacial score (nSPS) is 20.8. The van der Waals surface area contributed by atoms with E-state index in [2.05, 4.69) is 48.2 Å². The number of hydrogen-bond donors (Lipinski definition) is 0. The molecule has 5 nitrogen and oxygen atoms in total. The summed E-state index contributed by atoms with van der Waals surface area (Å²) in [5.41, 5.74) is 1.27. The molecule has 1 unspecified atom stereocenters. The third-order valence-electron chi connectivity index (χ3n) is 6.70. The maximum atomic E-state index is 13.6. The fourth-order valence-electron chi connectivity index (χ4n) is 5.09. The molecule has 2 aliphatic rings. The van der Waals surface area contributed by atoms with Gasteiger partial charge in [-0.1, -0.05) is 43.2 Å². The van der Waals surface area contributed by atoms with Crippen molar-refractivity contribution in [1.29, 1.82) is 0 Å². The smallest absolute Gasteiger partial charge is 0.237 e. The van der Waals surface area contributed by atoms with Crippen LogP contribution in [0.4, 0.5) is 0 Å². The lowest BCUT2D eigenvalue weighted by Crippen LogP contribution is -2.50. The first-order valence-electron chi connectivity index (χ1n) is 11.7. The zero-order valence-corrected chi connectivity index (χ0v) is 20.5. The van der Waals surface area contributed by atoms with Crippen LogP contribution in [0, 0.1) is 6.92 Å².